The van der Waals surface area contributed by atoms with Crippen molar-refractivity contribution in [1.29, 1.82) is 0 Å². The van der Waals surface area contributed by atoms with Crippen molar-refractivity contribution in [3.8, 4) is 11.5 Å². The molecule has 0 radical (unpaired) electrons. The van der Waals surface area contributed by atoms with Gasteiger partial charge >= 0.3 is 0 Å². The summed E-state index contributed by atoms with van der Waals surface area (Å²) in [5, 5.41) is 0.534. The molecule has 2 aromatic rings. The van der Waals surface area contributed by atoms with Crippen molar-refractivity contribution >= 4 is 21.4 Å². The number of rotatable bonds is 5. The standard InChI is InChI=1S/C20H22ClNO4S/c21-16-4-6-17(7-5-16)27(23,24)13-10-22-9-1-2-18(22)15-3-8-19-20(14-15)26-12-11-25-19/h3-8,14,18H,1-2,9-13H2/t18-/m1/s1. The summed E-state index contributed by atoms with van der Waals surface area (Å²) in [6.07, 6.45) is 2.07. The number of likely N-dealkylation sites (tertiary alicyclic amines) is 1. The molecule has 1 fully saturated rings. The van der Waals surface area contributed by atoms with Crippen LogP contribution in [0.3, 0.4) is 0 Å². The third-order valence-electron chi connectivity index (χ3n) is 5.13. The molecule has 0 aliphatic carbocycles. The summed E-state index contributed by atoms with van der Waals surface area (Å²) in [4.78, 5) is 2.57. The number of hydrogen-bond donors (Lipinski definition) is 0. The number of ether oxygens (including phenoxy) is 2. The highest BCUT2D eigenvalue weighted by Crippen LogP contribution is 2.38. The van der Waals surface area contributed by atoms with Gasteiger partial charge in [0.15, 0.2) is 21.3 Å². The Labute approximate surface area is 164 Å². The first-order chi connectivity index (χ1) is 13.0. The van der Waals surface area contributed by atoms with Gasteiger partial charge in [-0.05, 0) is 61.3 Å². The Morgan fingerprint density at radius 2 is 1.78 bits per heavy atom. The predicted octanol–water partition coefficient (Wildman–Crippen LogP) is 3.72. The predicted molar refractivity (Wildman–Crippen MR) is 104 cm³/mol. The largest absolute Gasteiger partial charge is 0.486 e. The maximum Gasteiger partial charge on any atom is 0.179 e. The Balaban J connectivity index is 1.46. The first kappa shape index (κ1) is 18.6. The van der Waals surface area contributed by atoms with Crippen LogP contribution in [0.2, 0.25) is 5.02 Å². The third kappa shape index (κ3) is 4.08. The Morgan fingerprint density at radius 3 is 2.56 bits per heavy atom. The van der Waals surface area contributed by atoms with Crippen LogP contribution in [0, 0.1) is 0 Å². The first-order valence-electron chi connectivity index (χ1n) is 9.15. The molecule has 0 N–H and O–H groups in total. The number of nitrogens with zero attached hydrogens (tertiary/aromatic N) is 1. The van der Waals surface area contributed by atoms with Gasteiger partial charge in [-0.2, -0.15) is 0 Å². The summed E-state index contributed by atoms with van der Waals surface area (Å²) in [7, 11) is -3.33. The number of fused-ring (bicyclic) bond motifs is 1. The second-order valence-electron chi connectivity index (χ2n) is 6.87. The van der Waals surface area contributed by atoms with Crippen molar-refractivity contribution in [1.82, 2.24) is 4.90 Å². The fraction of sp³-hybridized carbons (Fsp3) is 0.400. The van der Waals surface area contributed by atoms with Gasteiger partial charge in [0.1, 0.15) is 13.2 Å². The van der Waals surface area contributed by atoms with Gasteiger partial charge < -0.3 is 9.47 Å². The molecule has 0 spiro atoms. The summed E-state index contributed by atoms with van der Waals surface area (Å²) in [5.74, 6) is 1.65. The fourth-order valence-corrected chi connectivity index (χ4v) is 5.12. The first-order valence-corrected chi connectivity index (χ1v) is 11.2. The Bertz CT molecular complexity index is 914. The molecule has 4 rings (SSSR count). The molecule has 0 amide bonds. The molecule has 2 heterocycles. The normalized spacial score (nSPS) is 20.0. The van der Waals surface area contributed by atoms with E-state index in [9.17, 15) is 8.42 Å². The van der Waals surface area contributed by atoms with Gasteiger partial charge in [0.2, 0.25) is 0 Å². The van der Waals surface area contributed by atoms with Crippen LogP contribution in [0.4, 0.5) is 0 Å². The van der Waals surface area contributed by atoms with E-state index in [0.29, 0.717) is 29.7 Å². The zero-order chi connectivity index (χ0) is 18.9. The smallest absolute Gasteiger partial charge is 0.179 e. The molecule has 0 bridgehead atoms. The maximum atomic E-state index is 12.6. The van der Waals surface area contributed by atoms with Crippen LogP contribution in [0.15, 0.2) is 47.4 Å². The van der Waals surface area contributed by atoms with E-state index < -0.39 is 9.84 Å². The number of benzene rings is 2. The number of halogens is 1. The van der Waals surface area contributed by atoms with Crippen LogP contribution >= 0.6 is 11.6 Å². The molecule has 5 nitrogen and oxygen atoms in total. The average Bonchev–Trinajstić information content (AvgIpc) is 3.15. The Hall–Kier alpha value is -1.76. The van der Waals surface area contributed by atoms with Crippen molar-refractivity contribution in [2.24, 2.45) is 0 Å². The van der Waals surface area contributed by atoms with Crippen LogP contribution in [-0.2, 0) is 9.84 Å². The third-order valence-corrected chi connectivity index (χ3v) is 7.10. The lowest BCUT2D eigenvalue weighted by Gasteiger charge is -2.26. The Kier molecular flexibility index (Phi) is 5.30. The zero-order valence-electron chi connectivity index (χ0n) is 14.9. The summed E-state index contributed by atoms with van der Waals surface area (Å²) in [6, 6.07) is 12.6. The fourth-order valence-electron chi connectivity index (χ4n) is 3.74. The van der Waals surface area contributed by atoms with Crippen molar-refractivity contribution < 1.29 is 17.9 Å². The maximum absolute atomic E-state index is 12.6. The summed E-state index contributed by atoms with van der Waals surface area (Å²) in [6.45, 7) is 2.54. The van der Waals surface area contributed by atoms with Crippen LogP contribution in [0.1, 0.15) is 24.4 Å². The highest BCUT2D eigenvalue weighted by molar-refractivity contribution is 7.91. The van der Waals surface area contributed by atoms with E-state index in [1.807, 2.05) is 12.1 Å². The lowest BCUT2D eigenvalue weighted by atomic mass is 10.0. The number of hydrogen-bond acceptors (Lipinski definition) is 5. The molecule has 144 valence electrons. The molecule has 2 aromatic carbocycles. The van der Waals surface area contributed by atoms with Gasteiger partial charge in [-0.1, -0.05) is 17.7 Å². The average molecular weight is 408 g/mol. The minimum Gasteiger partial charge on any atom is -0.486 e. The molecule has 2 aliphatic rings. The molecule has 1 saturated heterocycles. The number of sulfone groups is 1. The van der Waals surface area contributed by atoms with E-state index in [1.54, 1.807) is 24.3 Å². The molecule has 7 heteroatoms. The molecule has 0 aromatic heterocycles. The molecule has 27 heavy (non-hydrogen) atoms. The lowest BCUT2D eigenvalue weighted by molar-refractivity contribution is 0.170. The molecule has 0 saturated carbocycles. The Morgan fingerprint density at radius 1 is 1.04 bits per heavy atom. The summed E-state index contributed by atoms with van der Waals surface area (Å²) >= 11 is 5.86. The van der Waals surface area contributed by atoms with Gasteiger partial charge in [-0.3, -0.25) is 4.90 Å². The van der Waals surface area contributed by atoms with Crippen LogP contribution in [-0.4, -0.2) is 45.4 Å². The van der Waals surface area contributed by atoms with Gasteiger partial charge in [-0.25, -0.2) is 8.42 Å². The van der Waals surface area contributed by atoms with Gasteiger partial charge in [0.25, 0.3) is 0 Å². The molecule has 2 aliphatic heterocycles. The molecular formula is C20H22ClNO4S. The quantitative estimate of drug-likeness (QED) is 0.756. The van der Waals surface area contributed by atoms with E-state index in [0.717, 1.165) is 36.4 Å². The molecular weight excluding hydrogens is 386 g/mol. The summed E-state index contributed by atoms with van der Waals surface area (Å²) in [5.41, 5.74) is 1.15. The minimum absolute atomic E-state index is 0.0929. The highest BCUT2D eigenvalue weighted by Gasteiger charge is 2.28. The minimum atomic E-state index is -3.33. The van der Waals surface area contributed by atoms with Gasteiger partial charge in [0, 0.05) is 17.6 Å². The second kappa shape index (κ2) is 7.70. The van der Waals surface area contributed by atoms with E-state index >= 15 is 0 Å². The van der Waals surface area contributed by atoms with Crippen molar-refractivity contribution in [3.05, 3.63) is 53.1 Å². The van der Waals surface area contributed by atoms with Crippen LogP contribution in [0.5, 0.6) is 11.5 Å². The van der Waals surface area contributed by atoms with Crippen LogP contribution in [0.25, 0.3) is 0 Å². The lowest BCUT2D eigenvalue weighted by Crippen LogP contribution is -2.29. The van der Waals surface area contributed by atoms with Gasteiger partial charge in [-0.15, -0.1) is 0 Å². The van der Waals surface area contributed by atoms with E-state index in [-0.39, 0.29) is 11.8 Å². The molecule has 0 unspecified atom stereocenters. The van der Waals surface area contributed by atoms with Crippen molar-refractivity contribution in [2.45, 2.75) is 23.8 Å². The van der Waals surface area contributed by atoms with Gasteiger partial charge in [0.05, 0.1) is 10.6 Å². The summed E-state index contributed by atoms with van der Waals surface area (Å²) < 4.78 is 36.5. The van der Waals surface area contributed by atoms with Crippen LogP contribution < -0.4 is 9.47 Å². The topological polar surface area (TPSA) is 55.8 Å². The van der Waals surface area contributed by atoms with E-state index in [2.05, 4.69) is 11.0 Å². The highest BCUT2D eigenvalue weighted by atomic mass is 35.5. The van der Waals surface area contributed by atoms with E-state index in [1.165, 1.54) is 0 Å². The monoisotopic (exact) mass is 407 g/mol. The zero-order valence-corrected chi connectivity index (χ0v) is 16.5. The SMILES string of the molecule is O=S(=O)(CCN1CCC[C@@H]1c1ccc2c(c1)OCCO2)c1ccc(Cl)cc1. The van der Waals surface area contributed by atoms with Crippen molar-refractivity contribution in [2.75, 3.05) is 32.1 Å². The molecule has 1 atom stereocenters. The second-order valence-corrected chi connectivity index (χ2v) is 9.42. The van der Waals surface area contributed by atoms with E-state index in [4.69, 9.17) is 21.1 Å². The van der Waals surface area contributed by atoms with Crippen molar-refractivity contribution in [3.63, 3.8) is 0 Å².